The third-order valence-corrected chi connectivity index (χ3v) is 8.12. The Morgan fingerprint density at radius 2 is 0.682 bits per heavy atom. The fourth-order valence-corrected chi connectivity index (χ4v) is 6.34. The van der Waals surface area contributed by atoms with Crippen LogP contribution in [-0.2, 0) is 0 Å². The molecule has 0 aromatic rings. The minimum absolute atomic E-state index is 1.12. The summed E-state index contributed by atoms with van der Waals surface area (Å²) in [6.07, 6.45) is 25.2. The fraction of sp³-hybridized carbons (Fsp3) is 1.00. The highest BCUT2D eigenvalue weighted by molar-refractivity contribution is 4.85. The van der Waals surface area contributed by atoms with Gasteiger partial charge in [0.25, 0.3) is 0 Å². The van der Waals surface area contributed by atoms with Crippen molar-refractivity contribution in [2.24, 2.45) is 35.5 Å². The molecule has 0 bridgehead atoms. The van der Waals surface area contributed by atoms with E-state index in [0.717, 1.165) is 35.5 Å². The summed E-state index contributed by atoms with van der Waals surface area (Å²) in [5.74, 6) is 6.80. The van der Waals surface area contributed by atoms with Crippen molar-refractivity contribution in [1.82, 2.24) is 0 Å². The van der Waals surface area contributed by atoms with Crippen LogP contribution in [0.5, 0.6) is 0 Å². The standard InChI is InChI=1S/C22H38/c1-2-4-19(3-1)21-13-15-22(16-14-21)20-11-9-18(10-12-20)8-7-17-5-6-17/h17-22H,1-16H2. The lowest BCUT2D eigenvalue weighted by Gasteiger charge is -2.39. The highest BCUT2D eigenvalue weighted by atomic mass is 14.4. The summed E-state index contributed by atoms with van der Waals surface area (Å²) in [6.45, 7) is 0. The monoisotopic (exact) mass is 302 g/mol. The Bertz CT molecular complexity index is 320. The van der Waals surface area contributed by atoms with E-state index in [0.29, 0.717) is 0 Å². The normalized spacial score (nSPS) is 40.9. The molecular formula is C22H38. The van der Waals surface area contributed by atoms with Gasteiger partial charge >= 0.3 is 0 Å². The molecule has 22 heavy (non-hydrogen) atoms. The summed E-state index contributed by atoms with van der Waals surface area (Å²) in [4.78, 5) is 0. The summed E-state index contributed by atoms with van der Waals surface area (Å²) >= 11 is 0. The van der Waals surface area contributed by atoms with Gasteiger partial charge in [-0.3, -0.25) is 0 Å². The summed E-state index contributed by atoms with van der Waals surface area (Å²) in [5, 5.41) is 0. The van der Waals surface area contributed by atoms with Crippen molar-refractivity contribution in [2.45, 2.75) is 103 Å². The Balaban J connectivity index is 1.16. The summed E-state index contributed by atoms with van der Waals surface area (Å²) in [7, 11) is 0. The molecular weight excluding hydrogens is 264 g/mol. The Hall–Kier alpha value is 0. The average Bonchev–Trinajstić information content (AvgIpc) is 3.25. The van der Waals surface area contributed by atoms with Gasteiger partial charge in [-0.25, -0.2) is 0 Å². The lowest BCUT2D eigenvalue weighted by molar-refractivity contribution is 0.123. The predicted molar refractivity (Wildman–Crippen MR) is 94.8 cm³/mol. The molecule has 0 unspecified atom stereocenters. The van der Waals surface area contributed by atoms with E-state index >= 15 is 0 Å². The SMILES string of the molecule is C1CCC(C2CCC(C3CCC(CCC4CC4)CC3)CC2)C1. The highest BCUT2D eigenvalue weighted by Crippen LogP contribution is 2.46. The lowest BCUT2D eigenvalue weighted by atomic mass is 9.67. The van der Waals surface area contributed by atoms with E-state index in [1.807, 2.05) is 0 Å². The Morgan fingerprint density at radius 1 is 0.364 bits per heavy atom. The van der Waals surface area contributed by atoms with E-state index in [1.165, 1.54) is 12.8 Å². The fourth-order valence-electron chi connectivity index (χ4n) is 6.34. The van der Waals surface area contributed by atoms with Crippen molar-refractivity contribution < 1.29 is 0 Å². The number of hydrogen-bond acceptors (Lipinski definition) is 0. The van der Waals surface area contributed by atoms with Crippen LogP contribution in [0.2, 0.25) is 0 Å². The van der Waals surface area contributed by atoms with Gasteiger partial charge in [0.2, 0.25) is 0 Å². The van der Waals surface area contributed by atoms with Crippen LogP contribution in [-0.4, -0.2) is 0 Å². The molecule has 4 aliphatic carbocycles. The maximum Gasteiger partial charge on any atom is -0.0386 e. The minimum Gasteiger partial charge on any atom is -0.0530 e. The van der Waals surface area contributed by atoms with Crippen molar-refractivity contribution in [3.8, 4) is 0 Å². The van der Waals surface area contributed by atoms with Crippen LogP contribution in [0.1, 0.15) is 103 Å². The van der Waals surface area contributed by atoms with E-state index in [1.54, 1.807) is 89.9 Å². The van der Waals surface area contributed by atoms with Crippen molar-refractivity contribution in [1.29, 1.82) is 0 Å². The van der Waals surface area contributed by atoms with Gasteiger partial charge < -0.3 is 0 Å². The van der Waals surface area contributed by atoms with Crippen LogP contribution < -0.4 is 0 Å². The maximum atomic E-state index is 1.60. The molecule has 126 valence electrons. The van der Waals surface area contributed by atoms with Gasteiger partial charge in [0.15, 0.2) is 0 Å². The van der Waals surface area contributed by atoms with E-state index in [9.17, 15) is 0 Å². The molecule has 0 heteroatoms. The second kappa shape index (κ2) is 7.27. The second-order valence-electron chi connectivity index (χ2n) is 9.52. The van der Waals surface area contributed by atoms with E-state index < -0.39 is 0 Å². The van der Waals surface area contributed by atoms with Crippen molar-refractivity contribution >= 4 is 0 Å². The molecule has 0 radical (unpaired) electrons. The lowest BCUT2D eigenvalue weighted by Crippen LogP contribution is -2.27. The second-order valence-corrected chi connectivity index (χ2v) is 9.52. The Morgan fingerprint density at radius 3 is 1.09 bits per heavy atom. The van der Waals surface area contributed by atoms with Gasteiger partial charge in [0.1, 0.15) is 0 Å². The van der Waals surface area contributed by atoms with Crippen LogP contribution in [0, 0.1) is 35.5 Å². The first-order valence-electron chi connectivity index (χ1n) is 10.9. The molecule has 0 saturated heterocycles. The van der Waals surface area contributed by atoms with E-state index in [4.69, 9.17) is 0 Å². The molecule has 0 N–H and O–H groups in total. The molecule has 0 aromatic heterocycles. The Labute approximate surface area is 138 Å². The minimum atomic E-state index is 1.12. The summed E-state index contributed by atoms with van der Waals surface area (Å²) in [6, 6.07) is 0. The molecule has 4 fully saturated rings. The molecule has 0 aromatic carbocycles. The maximum absolute atomic E-state index is 1.60. The van der Waals surface area contributed by atoms with Crippen LogP contribution in [0.4, 0.5) is 0 Å². The van der Waals surface area contributed by atoms with Crippen LogP contribution in [0.3, 0.4) is 0 Å². The molecule has 0 amide bonds. The zero-order valence-electron chi connectivity index (χ0n) is 14.8. The van der Waals surface area contributed by atoms with E-state index in [2.05, 4.69) is 0 Å². The van der Waals surface area contributed by atoms with Gasteiger partial charge in [-0.15, -0.1) is 0 Å². The number of rotatable bonds is 5. The average molecular weight is 303 g/mol. The molecule has 0 spiro atoms. The zero-order valence-corrected chi connectivity index (χ0v) is 14.8. The van der Waals surface area contributed by atoms with Gasteiger partial charge in [0.05, 0.1) is 0 Å². The van der Waals surface area contributed by atoms with Gasteiger partial charge in [-0.2, -0.15) is 0 Å². The molecule has 0 heterocycles. The van der Waals surface area contributed by atoms with Crippen LogP contribution >= 0.6 is 0 Å². The van der Waals surface area contributed by atoms with Gasteiger partial charge in [-0.05, 0) is 74.0 Å². The third-order valence-electron chi connectivity index (χ3n) is 8.12. The molecule has 0 aliphatic heterocycles. The molecule has 4 rings (SSSR count). The molecule has 4 saturated carbocycles. The first-order chi connectivity index (χ1) is 10.9. The molecule has 0 atom stereocenters. The smallest absolute Gasteiger partial charge is 0.0386 e. The molecule has 0 nitrogen and oxygen atoms in total. The van der Waals surface area contributed by atoms with Crippen molar-refractivity contribution in [2.75, 3.05) is 0 Å². The first kappa shape index (κ1) is 15.5. The third kappa shape index (κ3) is 3.90. The number of hydrogen-bond donors (Lipinski definition) is 0. The van der Waals surface area contributed by atoms with Crippen molar-refractivity contribution in [3.63, 3.8) is 0 Å². The highest BCUT2D eigenvalue weighted by Gasteiger charge is 2.34. The van der Waals surface area contributed by atoms with Gasteiger partial charge in [-0.1, -0.05) is 64.2 Å². The van der Waals surface area contributed by atoms with E-state index in [-0.39, 0.29) is 0 Å². The topological polar surface area (TPSA) is 0 Å². The van der Waals surface area contributed by atoms with Gasteiger partial charge in [0, 0.05) is 0 Å². The largest absolute Gasteiger partial charge is 0.0530 e. The summed E-state index contributed by atoms with van der Waals surface area (Å²) in [5.41, 5.74) is 0. The molecule has 4 aliphatic rings. The predicted octanol–water partition coefficient (Wildman–Crippen LogP) is 6.98. The summed E-state index contributed by atoms with van der Waals surface area (Å²) < 4.78 is 0. The quantitative estimate of drug-likeness (QED) is 0.514. The Kier molecular flexibility index (Phi) is 5.13. The van der Waals surface area contributed by atoms with Crippen LogP contribution in [0.15, 0.2) is 0 Å². The zero-order chi connectivity index (χ0) is 14.8. The van der Waals surface area contributed by atoms with Crippen molar-refractivity contribution in [3.05, 3.63) is 0 Å². The first-order valence-corrected chi connectivity index (χ1v) is 10.9. The van der Waals surface area contributed by atoms with Crippen LogP contribution in [0.25, 0.3) is 0 Å².